The van der Waals surface area contributed by atoms with Gasteiger partial charge in [0.2, 0.25) is 0 Å². The van der Waals surface area contributed by atoms with Crippen molar-refractivity contribution in [3.63, 3.8) is 0 Å². The van der Waals surface area contributed by atoms with E-state index in [1.807, 2.05) is 32.0 Å². The zero-order valence-corrected chi connectivity index (χ0v) is 14.2. The summed E-state index contributed by atoms with van der Waals surface area (Å²) >= 11 is 12.1. The molecule has 0 aromatic heterocycles. The summed E-state index contributed by atoms with van der Waals surface area (Å²) in [6.45, 7) is 3.76. The summed E-state index contributed by atoms with van der Waals surface area (Å²) in [6, 6.07) is 10.3. The Bertz CT molecular complexity index is 768. The first-order valence-corrected chi connectivity index (χ1v) is 8.45. The number of benzene rings is 2. The van der Waals surface area contributed by atoms with Crippen LogP contribution < -0.4 is 4.31 Å². The summed E-state index contributed by atoms with van der Waals surface area (Å²) in [6.07, 6.45) is 0. The van der Waals surface area contributed by atoms with Crippen molar-refractivity contribution in [1.82, 2.24) is 0 Å². The topological polar surface area (TPSA) is 37.4 Å². The van der Waals surface area contributed by atoms with E-state index in [1.54, 1.807) is 6.07 Å². The van der Waals surface area contributed by atoms with E-state index < -0.39 is 10.0 Å². The van der Waals surface area contributed by atoms with Crippen LogP contribution in [0.2, 0.25) is 10.0 Å². The van der Waals surface area contributed by atoms with Gasteiger partial charge in [0, 0.05) is 7.05 Å². The fourth-order valence-corrected chi connectivity index (χ4v) is 4.39. The average Bonchev–Trinajstić information content (AvgIpc) is 2.40. The maximum atomic E-state index is 12.8. The number of sulfonamides is 1. The SMILES string of the molecule is Cc1ccc(C)c(N(C)S(=O)(=O)c2c(Cl)cccc2Cl)c1. The maximum absolute atomic E-state index is 12.8. The Kier molecular flexibility index (Phi) is 4.51. The van der Waals surface area contributed by atoms with E-state index in [4.69, 9.17) is 23.2 Å². The molecule has 0 fully saturated rings. The lowest BCUT2D eigenvalue weighted by Crippen LogP contribution is -2.27. The van der Waals surface area contributed by atoms with Crippen LogP contribution in [0.5, 0.6) is 0 Å². The van der Waals surface area contributed by atoms with Crippen molar-refractivity contribution in [3.8, 4) is 0 Å². The van der Waals surface area contributed by atoms with Gasteiger partial charge in [-0.2, -0.15) is 0 Å². The van der Waals surface area contributed by atoms with Crippen LogP contribution in [0, 0.1) is 13.8 Å². The number of hydrogen-bond acceptors (Lipinski definition) is 2. The number of hydrogen-bond donors (Lipinski definition) is 0. The monoisotopic (exact) mass is 343 g/mol. The highest BCUT2D eigenvalue weighted by Gasteiger charge is 2.27. The Morgan fingerprint density at radius 3 is 2.14 bits per heavy atom. The molecule has 0 radical (unpaired) electrons. The first-order valence-electron chi connectivity index (χ1n) is 6.25. The molecule has 0 saturated heterocycles. The first kappa shape index (κ1) is 16.1. The molecule has 0 amide bonds. The third kappa shape index (κ3) is 3.03. The number of aryl methyl sites for hydroxylation is 2. The van der Waals surface area contributed by atoms with Crippen LogP contribution >= 0.6 is 23.2 Å². The molecule has 0 heterocycles. The number of rotatable bonds is 3. The van der Waals surface area contributed by atoms with Crippen molar-refractivity contribution >= 4 is 38.9 Å². The molecule has 0 spiro atoms. The fraction of sp³-hybridized carbons (Fsp3) is 0.200. The Balaban J connectivity index is 2.61. The molecule has 3 nitrogen and oxygen atoms in total. The standard InChI is InChI=1S/C15H15Cl2NO2S/c1-10-7-8-11(2)14(9-10)18(3)21(19,20)15-12(16)5-4-6-13(15)17/h4-9H,1-3H3. The second-order valence-electron chi connectivity index (χ2n) is 4.81. The van der Waals surface area contributed by atoms with Gasteiger partial charge in [-0.1, -0.05) is 41.4 Å². The Hall–Kier alpha value is -1.23. The van der Waals surface area contributed by atoms with Crippen LogP contribution in [0.15, 0.2) is 41.3 Å². The van der Waals surface area contributed by atoms with Crippen molar-refractivity contribution < 1.29 is 8.42 Å². The Labute approximate surface area is 135 Å². The molecule has 0 aliphatic heterocycles. The minimum absolute atomic E-state index is 0.0725. The molecule has 21 heavy (non-hydrogen) atoms. The molecule has 2 aromatic rings. The molecule has 6 heteroatoms. The molecule has 2 aromatic carbocycles. The largest absolute Gasteiger partial charge is 0.269 e. The van der Waals surface area contributed by atoms with Gasteiger partial charge in [-0.25, -0.2) is 8.42 Å². The van der Waals surface area contributed by atoms with Gasteiger partial charge in [-0.05, 0) is 43.2 Å². The van der Waals surface area contributed by atoms with E-state index in [1.165, 1.54) is 23.5 Å². The van der Waals surface area contributed by atoms with E-state index in [9.17, 15) is 8.42 Å². The van der Waals surface area contributed by atoms with Crippen LogP contribution in [0.4, 0.5) is 5.69 Å². The van der Waals surface area contributed by atoms with Gasteiger partial charge in [0.15, 0.2) is 0 Å². The fourth-order valence-electron chi connectivity index (χ4n) is 2.05. The lowest BCUT2D eigenvalue weighted by atomic mass is 10.1. The highest BCUT2D eigenvalue weighted by Crippen LogP contribution is 2.34. The molecular weight excluding hydrogens is 329 g/mol. The molecule has 0 N–H and O–H groups in total. The van der Waals surface area contributed by atoms with E-state index >= 15 is 0 Å². The van der Waals surface area contributed by atoms with E-state index in [0.29, 0.717) is 5.69 Å². The van der Waals surface area contributed by atoms with Crippen LogP contribution in [0.1, 0.15) is 11.1 Å². The van der Waals surface area contributed by atoms with Gasteiger partial charge in [-0.15, -0.1) is 0 Å². The smallest absolute Gasteiger partial charge is 0.267 e. The second kappa shape index (κ2) is 5.87. The van der Waals surface area contributed by atoms with Gasteiger partial charge in [0.1, 0.15) is 4.90 Å². The lowest BCUT2D eigenvalue weighted by molar-refractivity contribution is 0.594. The van der Waals surface area contributed by atoms with Crippen LogP contribution in [0.25, 0.3) is 0 Å². The van der Waals surface area contributed by atoms with Crippen LogP contribution in [-0.2, 0) is 10.0 Å². The molecule has 2 rings (SSSR count). The zero-order chi connectivity index (χ0) is 15.8. The first-order chi connectivity index (χ1) is 9.75. The summed E-state index contributed by atoms with van der Waals surface area (Å²) < 4.78 is 26.8. The van der Waals surface area contributed by atoms with Crippen LogP contribution in [0.3, 0.4) is 0 Å². The Morgan fingerprint density at radius 2 is 1.57 bits per heavy atom. The lowest BCUT2D eigenvalue weighted by Gasteiger charge is -2.23. The van der Waals surface area contributed by atoms with Crippen molar-refractivity contribution in [3.05, 3.63) is 57.6 Å². The number of halogens is 2. The van der Waals surface area contributed by atoms with Crippen molar-refractivity contribution in [1.29, 1.82) is 0 Å². The van der Waals surface area contributed by atoms with Crippen molar-refractivity contribution in [2.45, 2.75) is 18.7 Å². The number of nitrogens with zero attached hydrogens (tertiary/aromatic N) is 1. The van der Waals surface area contributed by atoms with Gasteiger partial charge in [0.05, 0.1) is 15.7 Å². The highest BCUT2D eigenvalue weighted by molar-refractivity contribution is 7.93. The quantitative estimate of drug-likeness (QED) is 0.826. The minimum atomic E-state index is -3.82. The average molecular weight is 344 g/mol. The normalized spacial score (nSPS) is 11.5. The van der Waals surface area contributed by atoms with Gasteiger partial charge >= 0.3 is 0 Å². The van der Waals surface area contributed by atoms with Crippen LogP contribution in [-0.4, -0.2) is 15.5 Å². The molecular formula is C15H15Cl2NO2S. The van der Waals surface area contributed by atoms with Gasteiger partial charge in [-0.3, -0.25) is 4.31 Å². The zero-order valence-electron chi connectivity index (χ0n) is 11.9. The summed E-state index contributed by atoms with van der Waals surface area (Å²) in [5.41, 5.74) is 2.43. The Morgan fingerprint density at radius 1 is 1.00 bits per heavy atom. The third-order valence-electron chi connectivity index (χ3n) is 3.24. The number of anilines is 1. The minimum Gasteiger partial charge on any atom is -0.269 e. The summed E-state index contributed by atoms with van der Waals surface area (Å²) in [5, 5.41) is 0.222. The summed E-state index contributed by atoms with van der Waals surface area (Å²) in [5.74, 6) is 0. The van der Waals surface area contributed by atoms with E-state index in [2.05, 4.69) is 0 Å². The van der Waals surface area contributed by atoms with Crippen molar-refractivity contribution in [2.24, 2.45) is 0 Å². The molecule has 112 valence electrons. The molecule has 0 saturated carbocycles. The van der Waals surface area contributed by atoms with Gasteiger partial charge < -0.3 is 0 Å². The summed E-state index contributed by atoms with van der Waals surface area (Å²) in [4.78, 5) is -0.0725. The van der Waals surface area contributed by atoms with Gasteiger partial charge in [0.25, 0.3) is 10.0 Å². The van der Waals surface area contributed by atoms with E-state index in [-0.39, 0.29) is 14.9 Å². The van der Waals surface area contributed by atoms with E-state index in [0.717, 1.165) is 11.1 Å². The second-order valence-corrected chi connectivity index (χ2v) is 7.53. The highest BCUT2D eigenvalue weighted by atomic mass is 35.5. The summed E-state index contributed by atoms with van der Waals surface area (Å²) in [7, 11) is -2.33. The maximum Gasteiger partial charge on any atom is 0.267 e. The van der Waals surface area contributed by atoms with Crippen molar-refractivity contribution in [2.75, 3.05) is 11.4 Å². The predicted octanol–water partition coefficient (Wildman–Crippen LogP) is 4.44. The molecule has 0 atom stereocenters. The molecule has 0 bridgehead atoms. The third-order valence-corrected chi connectivity index (χ3v) is 5.97. The molecule has 0 aliphatic carbocycles. The predicted molar refractivity (Wildman–Crippen MR) is 88.0 cm³/mol. The molecule has 0 aliphatic rings. The molecule has 0 unspecified atom stereocenters.